The highest BCUT2D eigenvalue weighted by molar-refractivity contribution is 7.91. The predicted octanol–water partition coefficient (Wildman–Crippen LogP) is 3.38. The van der Waals surface area contributed by atoms with Crippen LogP contribution in [0.5, 0.6) is 0 Å². The van der Waals surface area contributed by atoms with E-state index >= 15 is 0 Å². The lowest BCUT2D eigenvalue weighted by Gasteiger charge is -2.33. The minimum absolute atomic E-state index is 0.0452. The Kier molecular flexibility index (Phi) is 7.77. The molecule has 1 atom stereocenters. The topological polar surface area (TPSA) is 98.7 Å². The van der Waals surface area contributed by atoms with Crippen LogP contribution in [0.25, 0.3) is 0 Å². The van der Waals surface area contributed by atoms with Gasteiger partial charge in [0, 0.05) is 41.1 Å². The minimum Gasteiger partial charge on any atom is -0.389 e. The molecule has 7 nitrogen and oxygen atoms in total. The molecule has 1 aromatic carbocycles. The maximum Gasteiger partial charge on any atom is 0.252 e. The third kappa shape index (κ3) is 6.15. The molecule has 2 aromatic rings. The van der Waals surface area contributed by atoms with E-state index < -0.39 is 15.6 Å². The van der Waals surface area contributed by atoms with Gasteiger partial charge in [0.2, 0.25) is 0 Å². The third-order valence-electron chi connectivity index (χ3n) is 6.42. The Bertz CT molecular complexity index is 1070. The minimum atomic E-state index is -3.58. The number of thiophene rings is 1. The summed E-state index contributed by atoms with van der Waals surface area (Å²) in [6, 6.07) is 9.99. The number of sulfonamides is 1. The lowest BCUT2D eigenvalue weighted by molar-refractivity contribution is 0.00300. The number of hydrogen-bond donors (Lipinski definition) is 3. The second kappa shape index (κ2) is 10.4. The largest absolute Gasteiger partial charge is 0.389 e. The molecule has 1 amide bonds. The molecule has 4 rings (SSSR count). The number of nitrogens with one attached hydrogen (secondary N) is 2. The SMILES string of the molecule is O=C(NCc1ccc(S(=O)(=O)N2CCC(NCC3(O)CCCCC3)C2)s1)c1ccc(Cl)cc1. The van der Waals surface area contributed by atoms with E-state index in [4.69, 9.17) is 11.6 Å². The first-order chi connectivity index (χ1) is 15.7. The number of benzene rings is 1. The number of hydrogen-bond acceptors (Lipinski definition) is 6. The van der Waals surface area contributed by atoms with Crippen molar-refractivity contribution in [3.05, 3.63) is 51.9 Å². The molecule has 2 aliphatic rings. The van der Waals surface area contributed by atoms with Gasteiger partial charge in [-0.05, 0) is 55.7 Å². The first-order valence-electron chi connectivity index (χ1n) is 11.3. The summed E-state index contributed by atoms with van der Waals surface area (Å²) < 4.78 is 28.0. The van der Waals surface area contributed by atoms with E-state index in [1.807, 2.05) is 0 Å². The molecule has 3 N–H and O–H groups in total. The van der Waals surface area contributed by atoms with Crippen molar-refractivity contribution >= 4 is 38.9 Å². The zero-order valence-corrected chi connectivity index (χ0v) is 20.8. The molecule has 2 heterocycles. The van der Waals surface area contributed by atoms with Gasteiger partial charge in [-0.1, -0.05) is 30.9 Å². The second-order valence-corrected chi connectivity index (χ2v) is 12.7. The van der Waals surface area contributed by atoms with E-state index in [0.29, 0.717) is 30.2 Å². The number of nitrogens with zero attached hydrogens (tertiary/aromatic N) is 1. The van der Waals surface area contributed by atoms with E-state index in [2.05, 4.69) is 10.6 Å². The predicted molar refractivity (Wildman–Crippen MR) is 130 cm³/mol. The van der Waals surface area contributed by atoms with E-state index in [1.54, 1.807) is 36.4 Å². The molecule has 1 saturated carbocycles. The molecule has 1 aromatic heterocycles. The molecule has 1 unspecified atom stereocenters. The van der Waals surface area contributed by atoms with E-state index in [0.717, 1.165) is 37.0 Å². The molecule has 1 saturated heterocycles. The van der Waals surface area contributed by atoms with Gasteiger partial charge in [-0.2, -0.15) is 4.31 Å². The van der Waals surface area contributed by atoms with Crippen molar-refractivity contribution in [2.45, 2.75) is 60.9 Å². The van der Waals surface area contributed by atoms with E-state index in [1.165, 1.54) is 22.1 Å². The van der Waals surface area contributed by atoms with Gasteiger partial charge < -0.3 is 15.7 Å². The smallest absolute Gasteiger partial charge is 0.252 e. The van der Waals surface area contributed by atoms with Crippen LogP contribution in [0.15, 0.2) is 40.6 Å². The number of carbonyl (C=O) groups is 1. The quantitative estimate of drug-likeness (QED) is 0.504. The molecular weight excluding hydrogens is 482 g/mol. The summed E-state index contributed by atoms with van der Waals surface area (Å²) in [5.74, 6) is -0.238. The fourth-order valence-electron chi connectivity index (χ4n) is 4.42. The second-order valence-electron chi connectivity index (χ2n) is 8.92. The molecule has 2 fully saturated rings. The molecule has 33 heavy (non-hydrogen) atoms. The van der Waals surface area contributed by atoms with Crippen LogP contribution in [0.3, 0.4) is 0 Å². The van der Waals surface area contributed by atoms with Crippen LogP contribution in [0.2, 0.25) is 5.02 Å². The van der Waals surface area contributed by atoms with Crippen molar-refractivity contribution < 1.29 is 18.3 Å². The summed E-state index contributed by atoms with van der Waals surface area (Å²) in [5.41, 5.74) is -0.166. The van der Waals surface area contributed by atoms with Crippen molar-refractivity contribution in [2.24, 2.45) is 0 Å². The Hall–Kier alpha value is -1.49. The van der Waals surface area contributed by atoms with E-state index in [-0.39, 0.29) is 22.7 Å². The van der Waals surface area contributed by atoms with Gasteiger partial charge >= 0.3 is 0 Å². The summed E-state index contributed by atoms with van der Waals surface area (Å²) in [7, 11) is -3.58. The van der Waals surface area contributed by atoms with Crippen molar-refractivity contribution in [1.82, 2.24) is 14.9 Å². The maximum absolute atomic E-state index is 13.1. The number of halogens is 1. The standard InChI is InChI=1S/C23H30ClN3O4S2/c24-18-6-4-17(5-7-18)22(28)25-14-20-8-9-21(32-20)33(30,31)27-13-10-19(15-27)26-16-23(29)11-2-1-3-12-23/h4-9,19,26,29H,1-3,10-16H2,(H,25,28). The molecule has 10 heteroatoms. The van der Waals surface area contributed by atoms with Crippen LogP contribution in [-0.4, -0.2) is 55.0 Å². The van der Waals surface area contributed by atoms with Gasteiger partial charge in [0.1, 0.15) is 4.21 Å². The summed E-state index contributed by atoms with van der Waals surface area (Å²) in [4.78, 5) is 13.0. The molecule has 0 radical (unpaired) electrons. The molecular formula is C23H30ClN3O4S2. The first kappa shape index (κ1) is 24.6. The van der Waals surface area contributed by atoms with Crippen molar-refractivity contribution in [3.63, 3.8) is 0 Å². The Morgan fingerprint density at radius 3 is 2.61 bits per heavy atom. The average molecular weight is 512 g/mol. The van der Waals surface area contributed by atoms with Gasteiger partial charge in [-0.3, -0.25) is 4.79 Å². The maximum atomic E-state index is 13.1. The Balaban J connectivity index is 1.30. The average Bonchev–Trinajstić information content (AvgIpc) is 3.48. The zero-order valence-electron chi connectivity index (χ0n) is 18.4. The lowest BCUT2D eigenvalue weighted by Crippen LogP contribution is -2.46. The highest BCUT2D eigenvalue weighted by Gasteiger charge is 2.35. The van der Waals surface area contributed by atoms with Crippen LogP contribution in [0.4, 0.5) is 0 Å². The van der Waals surface area contributed by atoms with Crippen molar-refractivity contribution in [1.29, 1.82) is 0 Å². The van der Waals surface area contributed by atoms with Crippen molar-refractivity contribution in [2.75, 3.05) is 19.6 Å². The van der Waals surface area contributed by atoms with Crippen LogP contribution in [0, 0.1) is 0 Å². The molecule has 0 spiro atoms. The monoisotopic (exact) mass is 511 g/mol. The number of amides is 1. The normalized spacial score (nSPS) is 21.2. The summed E-state index contributed by atoms with van der Waals surface area (Å²) in [6.07, 6.45) is 5.60. The molecule has 0 bridgehead atoms. The van der Waals surface area contributed by atoms with Gasteiger partial charge in [0.15, 0.2) is 0 Å². The lowest BCUT2D eigenvalue weighted by atomic mass is 9.85. The highest BCUT2D eigenvalue weighted by Crippen LogP contribution is 2.29. The number of rotatable bonds is 8. The van der Waals surface area contributed by atoms with Crippen molar-refractivity contribution in [3.8, 4) is 0 Å². The molecule has 180 valence electrons. The Morgan fingerprint density at radius 1 is 1.15 bits per heavy atom. The molecule has 1 aliphatic heterocycles. The van der Waals surface area contributed by atoms with Gasteiger partial charge in [0.25, 0.3) is 15.9 Å². The third-order valence-corrected chi connectivity index (χ3v) is 10.1. The number of carbonyl (C=O) groups excluding carboxylic acids is 1. The van der Waals surface area contributed by atoms with Crippen LogP contribution < -0.4 is 10.6 Å². The zero-order chi connectivity index (χ0) is 23.5. The summed E-state index contributed by atoms with van der Waals surface area (Å²) in [5, 5.41) is 17.5. The van der Waals surface area contributed by atoms with Crippen LogP contribution in [0.1, 0.15) is 53.8 Å². The van der Waals surface area contributed by atoms with Gasteiger partial charge in [-0.15, -0.1) is 11.3 Å². The number of aliphatic hydroxyl groups is 1. The fraction of sp³-hybridized carbons (Fsp3) is 0.522. The van der Waals surface area contributed by atoms with Crippen LogP contribution in [-0.2, 0) is 16.6 Å². The summed E-state index contributed by atoms with van der Waals surface area (Å²) >= 11 is 7.03. The Labute approximate surface area is 204 Å². The first-order valence-corrected chi connectivity index (χ1v) is 14.0. The van der Waals surface area contributed by atoms with Crippen LogP contribution >= 0.6 is 22.9 Å². The van der Waals surface area contributed by atoms with Gasteiger partial charge in [0.05, 0.1) is 12.1 Å². The Morgan fingerprint density at radius 2 is 1.88 bits per heavy atom. The van der Waals surface area contributed by atoms with Gasteiger partial charge in [-0.25, -0.2) is 8.42 Å². The highest BCUT2D eigenvalue weighted by atomic mass is 35.5. The summed E-state index contributed by atoms with van der Waals surface area (Å²) in [6.45, 7) is 1.63. The fourth-order valence-corrected chi connectivity index (χ4v) is 7.50. The van der Waals surface area contributed by atoms with E-state index in [9.17, 15) is 18.3 Å². The molecule has 1 aliphatic carbocycles.